The molecule has 0 bridgehead atoms. The van der Waals surface area contributed by atoms with Crippen molar-refractivity contribution in [2.45, 2.75) is 81.6 Å². The van der Waals surface area contributed by atoms with Crippen molar-refractivity contribution in [1.29, 1.82) is 0 Å². The lowest BCUT2D eigenvalue weighted by Crippen LogP contribution is -2.46. The van der Waals surface area contributed by atoms with Crippen molar-refractivity contribution in [2.75, 3.05) is 34.1 Å². The van der Waals surface area contributed by atoms with E-state index in [9.17, 15) is 19.8 Å². The summed E-state index contributed by atoms with van der Waals surface area (Å²) in [5, 5.41) is 21.6. The Balaban J connectivity index is 1.48. The molecule has 2 unspecified atom stereocenters. The van der Waals surface area contributed by atoms with Gasteiger partial charge in [-0.25, -0.2) is 4.79 Å². The van der Waals surface area contributed by atoms with Gasteiger partial charge in [-0.2, -0.15) is 0 Å². The number of fused-ring (bicyclic) bond motifs is 3. The summed E-state index contributed by atoms with van der Waals surface area (Å²) < 4.78 is 28.0. The molecule has 1 aliphatic carbocycles. The molecule has 0 spiro atoms. The van der Waals surface area contributed by atoms with E-state index >= 15 is 0 Å². The van der Waals surface area contributed by atoms with Crippen LogP contribution >= 0.6 is 0 Å². The van der Waals surface area contributed by atoms with Gasteiger partial charge >= 0.3 is 11.9 Å². The molecule has 10 heteroatoms. The highest BCUT2D eigenvalue weighted by Crippen LogP contribution is 2.52. The summed E-state index contributed by atoms with van der Waals surface area (Å²) in [5.41, 5.74) is 0.110. The fraction of sp³-hybridized carbons (Fsp3) is 0.643. The van der Waals surface area contributed by atoms with Crippen molar-refractivity contribution in [3.63, 3.8) is 0 Å². The number of hydrogen-bond donors (Lipinski definition) is 2. The highest BCUT2D eigenvalue weighted by atomic mass is 16.7. The molecule has 3 aliphatic heterocycles. The molecular weight excluding hydrogens is 494 g/mol. The van der Waals surface area contributed by atoms with E-state index in [0.717, 1.165) is 42.6 Å². The van der Waals surface area contributed by atoms with Crippen LogP contribution in [0.1, 0.15) is 63.0 Å². The summed E-state index contributed by atoms with van der Waals surface area (Å²) in [4.78, 5) is 28.3. The number of carbonyl (C=O) groups excluding carboxylic acids is 2. The molecule has 0 amide bonds. The van der Waals surface area contributed by atoms with Gasteiger partial charge in [0.2, 0.25) is 6.79 Å². The van der Waals surface area contributed by atoms with Crippen LogP contribution in [0.5, 0.6) is 11.5 Å². The number of aliphatic hydroxyl groups is 2. The lowest BCUT2D eigenvalue weighted by Gasteiger charge is -2.33. The van der Waals surface area contributed by atoms with E-state index in [1.54, 1.807) is 21.0 Å². The molecule has 0 radical (unpaired) electrons. The van der Waals surface area contributed by atoms with E-state index < -0.39 is 35.7 Å². The van der Waals surface area contributed by atoms with Crippen LogP contribution in [0.15, 0.2) is 23.5 Å². The molecule has 38 heavy (non-hydrogen) atoms. The predicted octanol–water partition coefficient (Wildman–Crippen LogP) is 2.19. The third-order valence-electron chi connectivity index (χ3n) is 8.20. The average Bonchev–Trinajstić information content (AvgIpc) is 3.52. The Kier molecular flexibility index (Phi) is 7.08. The van der Waals surface area contributed by atoms with Gasteiger partial charge in [0.25, 0.3) is 0 Å². The molecular formula is C28H37NO9. The Morgan fingerprint density at radius 2 is 1.79 bits per heavy atom. The predicted molar refractivity (Wildman–Crippen MR) is 135 cm³/mol. The maximum atomic E-state index is 13.7. The average molecular weight is 532 g/mol. The van der Waals surface area contributed by atoms with E-state index in [4.69, 9.17) is 23.7 Å². The lowest BCUT2D eigenvalue weighted by atomic mass is 9.86. The highest BCUT2D eigenvalue weighted by molar-refractivity contribution is 5.86. The first-order valence-corrected chi connectivity index (χ1v) is 13.2. The monoisotopic (exact) mass is 531 g/mol. The van der Waals surface area contributed by atoms with Gasteiger partial charge in [0.1, 0.15) is 5.76 Å². The first kappa shape index (κ1) is 26.8. The number of esters is 2. The van der Waals surface area contributed by atoms with Crippen molar-refractivity contribution in [1.82, 2.24) is 4.90 Å². The third kappa shape index (κ3) is 4.85. The van der Waals surface area contributed by atoms with Gasteiger partial charge in [-0.3, -0.25) is 9.69 Å². The number of hydrogen-bond acceptors (Lipinski definition) is 10. The minimum Gasteiger partial charge on any atom is -0.497 e. The van der Waals surface area contributed by atoms with E-state index in [-0.39, 0.29) is 25.2 Å². The zero-order valence-corrected chi connectivity index (χ0v) is 22.5. The van der Waals surface area contributed by atoms with E-state index in [0.29, 0.717) is 30.1 Å². The Hall–Kier alpha value is -2.82. The summed E-state index contributed by atoms with van der Waals surface area (Å²) in [5.74, 6) is 0.0607. The molecule has 10 nitrogen and oxygen atoms in total. The zero-order chi connectivity index (χ0) is 27.2. The molecule has 1 saturated heterocycles. The van der Waals surface area contributed by atoms with Gasteiger partial charge in [-0.15, -0.1) is 0 Å². The number of nitrogens with zero attached hydrogens (tertiary/aromatic N) is 1. The van der Waals surface area contributed by atoms with Crippen LogP contribution in [0.25, 0.3) is 0 Å². The summed E-state index contributed by atoms with van der Waals surface area (Å²) >= 11 is 0. The number of carbonyl (C=O) groups is 2. The zero-order valence-electron chi connectivity index (χ0n) is 22.5. The van der Waals surface area contributed by atoms with Gasteiger partial charge in [-0.05, 0) is 74.8 Å². The first-order chi connectivity index (χ1) is 18.0. The fourth-order valence-electron chi connectivity index (χ4n) is 6.36. The van der Waals surface area contributed by atoms with Gasteiger partial charge in [-0.1, -0.05) is 0 Å². The maximum Gasteiger partial charge on any atom is 0.339 e. The van der Waals surface area contributed by atoms with Crippen LogP contribution in [-0.4, -0.2) is 84.5 Å². The Morgan fingerprint density at radius 1 is 1.08 bits per heavy atom. The molecule has 208 valence electrons. The van der Waals surface area contributed by atoms with Gasteiger partial charge in [0.15, 0.2) is 23.2 Å². The van der Waals surface area contributed by atoms with Crippen molar-refractivity contribution in [3.8, 4) is 11.5 Å². The first-order valence-electron chi connectivity index (χ1n) is 13.2. The summed E-state index contributed by atoms with van der Waals surface area (Å²) in [6, 6.07) is 3.98. The SMILES string of the molecule is COC(=O)CC(O)(CCCC(C)(C)O)C(=O)O[C@@H]1C(OC)=C2CCN3CCc4cc5c(cc4[C@H]1C23)OCO5. The van der Waals surface area contributed by atoms with E-state index in [1.165, 1.54) is 7.11 Å². The van der Waals surface area contributed by atoms with Crippen molar-refractivity contribution < 1.29 is 43.5 Å². The van der Waals surface area contributed by atoms with Crippen LogP contribution < -0.4 is 9.47 Å². The molecule has 2 N–H and O–H groups in total. The van der Waals surface area contributed by atoms with Crippen LogP contribution in [0.2, 0.25) is 0 Å². The smallest absolute Gasteiger partial charge is 0.339 e. The van der Waals surface area contributed by atoms with E-state index in [1.807, 2.05) is 12.1 Å². The van der Waals surface area contributed by atoms with Gasteiger partial charge < -0.3 is 33.9 Å². The standard InChI is InChI=1S/C28H37NO9/c1-27(2,32)8-5-9-28(33,14-21(30)34-3)26(31)38-25-22-18-13-20-19(36-15-37-20)12-16(18)6-10-29-11-7-17(23(22)29)24(25)35-4/h12-13,22-23,25,32-33H,5-11,14-15H2,1-4H3/t22-,23?,25-,28?/m0/s1. The molecule has 1 aromatic carbocycles. The second-order valence-electron chi connectivity index (χ2n) is 11.3. The summed E-state index contributed by atoms with van der Waals surface area (Å²) in [7, 11) is 2.78. The quantitative estimate of drug-likeness (QED) is 0.458. The number of methoxy groups -OCH3 is 2. The van der Waals surface area contributed by atoms with Crippen molar-refractivity contribution in [3.05, 3.63) is 34.6 Å². The Bertz CT molecular complexity index is 1140. The summed E-state index contributed by atoms with van der Waals surface area (Å²) in [6.45, 7) is 5.20. The number of ether oxygens (including phenoxy) is 5. The fourth-order valence-corrected chi connectivity index (χ4v) is 6.36. The normalized spacial score (nSPS) is 25.4. The molecule has 1 fully saturated rings. The summed E-state index contributed by atoms with van der Waals surface area (Å²) in [6.07, 6.45) is 0.865. The van der Waals surface area contributed by atoms with Gasteiger partial charge in [0.05, 0.1) is 26.2 Å². The van der Waals surface area contributed by atoms with Crippen molar-refractivity contribution >= 4 is 11.9 Å². The molecule has 4 atom stereocenters. The second kappa shape index (κ2) is 10.1. The van der Waals surface area contributed by atoms with E-state index in [2.05, 4.69) is 4.90 Å². The lowest BCUT2D eigenvalue weighted by molar-refractivity contribution is -0.178. The minimum atomic E-state index is -2.11. The molecule has 5 rings (SSSR count). The van der Waals surface area contributed by atoms with Crippen molar-refractivity contribution in [2.24, 2.45) is 0 Å². The number of rotatable bonds is 9. The van der Waals surface area contributed by atoms with Crippen LogP contribution in [0.4, 0.5) is 0 Å². The molecule has 0 aromatic heterocycles. The topological polar surface area (TPSA) is 124 Å². The van der Waals surface area contributed by atoms with Crippen LogP contribution in [0.3, 0.4) is 0 Å². The highest BCUT2D eigenvalue weighted by Gasteiger charge is 2.55. The van der Waals surface area contributed by atoms with Gasteiger partial charge in [0, 0.05) is 25.0 Å². The molecule has 0 saturated carbocycles. The number of benzene rings is 1. The molecule has 1 aromatic rings. The Labute approximate surface area is 222 Å². The largest absolute Gasteiger partial charge is 0.497 e. The minimum absolute atomic E-state index is 0.00624. The van der Waals surface area contributed by atoms with Crippen LogP contribution in [-0.2, 0) is 30.2 Å². The van der Waals surface area contributed by atoms with Crippen LogP contribution in [0, 0.1) is 0 Å². The Morgan fingerprint density at radius 3 is 2.47 bits per heavy atom. The maximum absolute atomic E-state index is 13.7. The molecule has 3 heterocycles. The molecule has 4 aliphatic rings. The third-order valence-corrected chi connectivity index (χ3v) is 8.20. The second-order valence-corrected chi connectivity index (χ2v) is 11.3.